The van der Waals surface area contributed by atoms with Crippen molar-refractivity contribution in [2.45, 2.75) is 25.9 Å². The van der Waals surface area contributed by atoms with Crippen molar-refractivity contribution in [3.63, 3.8) is 0 Å². The van der Waals surface area contributed by atoms with Crippen LogP contribution in [0.25, 0.3) is 0 Å². The van der Waals surface area contributed by atoms with Gasteiger partial charge in [-0.15, -0.1) is 0 Å². The molecule has 0 fully saturated rings. The lowest BCUT2D eigenvalue weighted by atomic mass is 10.1. The third-order valence-corrected chi connectivity index (χ3v) is 3.13. The summed E-state index contributed by atoms with van der Waals surface area (Å²) in [6, 6.07) is 7.44. The lowest BCUT2D eigenvalue weighted by Crippen LogP contribution is -2.41. The highest BCUT2D eigenvalue weighted by atomic mass is 32.1. The molecule has 0 aliphatic heterocycles. The maximum atomic E-state index is 11.3. The Morgan fingerprint density at radius 2 is 2.11 bits per heavy atom. The molecule has 18 heavy (non-hydrogen) atoms. The molecule has 4 N–H and O–H groups in total. The van der Waals surface area contributed by atoms with Gasteiger partial charge in [-0.25, -0.2) is 0 Å². The summed E-state index contributed by atoms with van der Waals surface area (Å²) in [5, 5.41) is 0. The number of nitrogens with zero attached hydrogens (tertiary/aromatic N) is 1. The summed E-state index contributed by atoms with van der Waals surface area (Å²) in [5.74, 6) is -0.300. The van der Waals surface area contributed by atoms with Gasteiger partial charge in [0, 0.05) is 12.1 Å². The van der Waals surface area contributed by atoms with Crippen LogP contribution in [-0.2, 0) is 11.3 Å². The standard InChI is InChI=1S/C13H19N3OS/c1-3-11(12(14)17)16(2)8-9-5-4-6-10(7-9)13(15)18/h4-7,11H,3,8H2,1-2H3,(H2,14,17)(H2,15,18). The summed E-state index contributed by atoms with van der Waals surface area (Å²) in [6.45, 7) is 2.58. The molecule has 1 aromatic rings. The Labute approximate surface area is 113 Å². The minimum atomic E-state index is -0.300. The highest BCUT2D eigenvalue weighted by Crippen LogP contribution is 2.11. The highest BCUT2D eigenvalue weighted by molar-refractivity contribution is 7.80. The number of hydrogen-bond acceptors (Lipinski definition) is 3. The first-order valence-corrected chi connectivity index (χ1v) is 6.24. The van der Waals surface area contributed by atoms with Crippen LogP contribution in [-0.4, -0.2) is 28.9 Å². The number of nitrogens with two attached hydrogens (primary N) is 2. The molecule has 1 rings (SSSR count). The van der Waals surface area contributed by atoms with E-state index in [0.717, 1.165) is 11.1 Å². The second-order valence-corrected chi connectivity index (χ2v) is 4.75. The average Bonchev–Trinajstić information content (AvgIpc) is 2.29. The van der Waals surface area contributed by atoms with Crippen LogP contribution in [0.15, 0.2) is 24.3 Å². The molecule has 98 valence electrons. The number of thiocarbonyl (C=S) groups is 1. The Kier molecular flexibility index (Phi) is 5.25. The quantitative estimate of drug-likeness (QED) is 0.753. The molecule has 1 aromatic carbocycles. The third-order valence-electron chi connectivity index (χ3n) is 2.89. The van der Waals surface area contributed by atoms with Crippen LogP contribution in [0.4, 0.5) is 0 Å². The molecule has 1 amide bonds. The molecule has 0 saturated heterocycles. The molecule has 1 unspecified atom stereocenters. The molecule has 0 aliphatic rings. The first kappa shape index (κ1) is 14.6. The predicted molar refractivity (Wildman–Crippen MR) is 77.1 cm³/mol. The Bertz CT molecular complexity index is 448. The summed E-state index contributed by atoms with van der Waals surface area (Å²) in [6.07, 6.45) is 0.695. The molecule has 0 radical (unpaired) electrons. The fourth-order valence-electron chi connectivity index (χ4n) is 1.95. The third kappa shape index (κ3) is 3.78. The highest BCUT2D eigenvalue weighted by Gasteiger charge is 2.18. The summed E-state index contributed by atoms with van der Waals surface area (Å²) in [5.41, 5.74) is 12.8. The number of benzene rings is 1. The van der Waals surface area contributed by atoms with Crippen LogP contribution in [0.1, 0.15) is 24.5 Å². The number of hydrogen-bond donors (Lipinski definition) is 2. The Morgan fingerprint density at radius 3 is 2.61 bits per heavy atom. The number of likely N-dealkylation sites (N-methyl/N-ethyl adjacent to an activating group) is 1. The Morgan fingerprint density at radius 1 is 1.44 bits per heavy atom. The minimum absolute atomic E-state index is 0.251. The van der Waals surface area contributed by atoms with E-state index in [-0.39, 0.29) is 11.9 Å². The van der Waals surface area contributed by atoms with Crippen molar-refractivity contribution in [3.8, 4) is 0 Å². The van der Waals surface area contributed by atoms with Crippen LogP contribution in [0, 0.1) is 0 Å². The van der Waals surface area contributed by atoms with E-state index in [9.17, 15) is 4.79 Å². The summed E-state index contributed by atoms with van der Waals surface area (Å²) < 4.78 is 0. The Hall–Kier alpha value is -1.46. The van der Waals surface area contributed by atoms with Crippen molar-refractivity contribution in [2.24, 2.45) is 11.5 Å². The molecule has 0 saturated carbocycles. The average molecular weight is 265 g/mol. The second kappa shape index (κ2) is 6.47. The van der Waals surface area contributed by atoms with Gasteiger partial charge in [0.1, 0.15) is 4.99 Å². The first-order valence-electron chi connectivity index (χ1n) is 5.84. The maximum absolute atomic E-state index is 11.3. The molecule has 0 bridgehead atoms. The van der Waals surface area contributed by atoms with Crippen molar-refractivity contribution >= 4 is 23.1 Å². The molecule has 0 aliphatic carbocycles. The molecular formula is C13H19N3OS. The number of amides is 1. The van der Waals surface area contributed by atoms with Crippen molar-refractivity contribution < 1.29 is 4.79 Å². The van der Waals surface area contributed by atoms with E-state index in [1.165, 1.54) is 0 Å². The largest absolute Gasteiger partial charge is 0.389 e. The van der Waals surface area contributed by atoms with Gasteiger partial charge in [0.2, 0.25) is 5.91 Å². The zero-order valence-corrected chi connectivity index (χ0v) is 11.5. The van der Waals surface area contributed by atoms with Gasteiger partial charge in [-0.05, 0) is 25.1 Å². The topological polar surface area (TPSA) is 72.4 Å². The maximum Gasteiger partial charge on any atom is 0.234 e. The van der Waals surface area contributed by atoms with Gasteiger partial charge < -0.3 is 11.5 Å². The smallest absolute Gasteiger partial charge is 0.234 e. The van der Waals surface area contributed by atoms with Gasteiger partial charge in [0.25, 0.3) is 0 Å². The van der Waals surface area contributed by atoms with Crippen molar-refractivity contribution in [1.82, 2.24) is 4.90 Å². The van der Waals surface area contributed by atoms with E-state index < -0.39 is 0 Å². The monoisotopic (exact) mass is 265 g/mol. The molecule has 0 aromatic heterocycles. The van der Waals surface area contributed by atoms with E-state index in [1.807, 2.05) is 43.1 Å². The molecule has 4 nitrogen and oxygen atoms in total. The van der Waals surface area contributed by atoms with Gasteiger partial charge in [-0.2, -0.15) is 0 Å². The van der Waals surface area contributed by atoms with Gasteiger partial charge in [-0.3, -0.25) is 9.69 Å². The van der Waals surface area contributed by atoms with E-state index >= 15 is 0 Å². The van der Waals surface area contributed by atoms with E-state index in [1.54, 1.807) is 0 Å². The molecule has 0 spiro atoms. The second-order valence-electron chi connectivity index (χ2n) is 4.31. The summed E-state index contributed by atoms with van der Waals surface area (Å²) in [4.78, 5) is 13.6. The van der Waals surface area contributed by atoms with E-state index in [2.05, 4.69) is 0 Å². The Balaban J connectivity index is 2.81. The van der Waals surface area contributed by atoms with Gasteiger partial charge in [0.05, 0.1) is 6.04 Å². The fourth-order valence-corrected chi connectivity index (χ4v) is 2.08. The molecular weight excluding hydrogens is 246 g/mol. The lowest BCUT2D eigenvalue weighted by Gasteiger charge is -2.24. The number of carbonyl (C=O) groups is 1. The normalized spacial score (nSPS) is 12.4. The summed E-state index contributed by atoms with van der Waals surface area (Å²) in [7, 11) is 1.88. The van der Waals surface area contributed by atoms with E-state index in [4.69, 9.17) is 23.7 Å². The fraction of sp³-hybridized carbons (Fsp3) is 0.385. The molecule has 1 atom stereocenters. The molecule has 5 heteroatoms. The van der Waals surface area contributed by atoms with Gasteiger partial charge >= 0.3 is 0 Å². The number of primary amides is 1. The van der Waals surface area contributed by atoms with Gasteiger partial charge in [-0.1, -0.05) is 37.3 Å². The summed E-state index contributed by atoms with van der Waals surface area (Å²) >= 11 is 4.94. The molecule has 0 heterocycles. The van der Waals surface area contributed by atoms with Crippen molar-refractivity contribution in [2.75, 3.05) is 7.05 Å². The zero-order chi connectivity index (χ0) is 13.7. The van der Waals surface area contributed by atoms with E-state index in [0.29, 0.717) is 18.0 Å². The van der Waals surface area contributed by atoms with Crippen LogP contribution in [0.3, 0.4) is 0 Å². The lowest BCUT2D eigenvalue weighted by molar-refractivity contribution is -0.123. The van der Waals surface area contributed by atoms with Crippen molar-refractivity contribution in [1.29, 1.82) is 0 Å². The van der Waals surface area contributed by atoms with Gasteiger partial charge in [0.15, 0.2) is 0 Å². The first-order chi connectivity index (χ1) is 8.45. The number of rotatable bonds is 6. The van der Waals surface area contributed by atoms with Crippen LogP contribution < -0.4 is 11.5 Å². The SMILES string of the molecule is CCC(C(N)=O)N(C)Cc1cccc(C(N)=S)c1. The zero-order valence-electron chi connectivity index (χ0n) is 10.7. The van der Waals surface area contributed by atoms with Crippen LogP contribution in [0.2, 0.25) is 0 Å². The van der Waals surface area contributed by atoms with Crippen LogP contribution >= 0.6 is 12.2 Å². The van der Waals surface area contributed by atoms with Crippen molar-refractivity contribution in [3.05, 3.63) is 35.4 Å². The minimum Gasteiger partial charge on any atom is -0.389 e. The number of carbonyl (C=O) groups excluding carboxylic acids is 1. The van der Waals surface area contributed by atoms with Crippen LogP contribution in [0.5, 0.6) is 0 Å². The predicted octanol–water partition coefficient (Wildman–Crippen LogP) is 1.02.